The molecular weight excluding hydrogens is 316 g/mol. The Morgan fingerprint density at radius 3 is 2.78 bits per heavy atom. The summed E-state index contributed by atoms with van der Waals surface area (Å²) in [6.07, 6.45) is 0. The molecule has 6 heteroatoms. The van der Waals surface area contributed by atoms with Gasteiger partial charge in [-0.2, -0.15) is 0 Å². The van der Waals surface area contributed by atoms with Gasteiger partial charge in [0.15, 0.2) is 0 Å². The molecule has 122 valence electrons. The first-order valence-corrected chi connectivity index (χ1v) is 7.60. The van der Waals surface area contributed by atoms with Gasteiger partial charge in [-0.05, 0) is 48.4 Å². The first-order valence-electron chi connectivity index (χ1n) is 7.22. The third-order valence-corrected chi connectivity index (χ3v) is 3.37. The number of urea groups is 1. The number of nitrogens with one attached hydrogen (secondary N) is 2. The molecule has 0 aliphatic heterocycles. The normalized spacial score (nSPS) is 10.2. The number of amides is 2. The summed E-state index contributed by atoms with van der Waals surface area (Å²) >= 11 is 5.94. The zero-order valence-electron chi connectivity index (χ0n) is 12.8. The predicted molar refractivity (Wildman–Crippen MR) is 91.1 cm³/mol. The maximum Gasteiger partial charge on any atom is 0.319 e. The topological polar surface area (TPSA) is 70.6 Å². The molecule has 2 aromatic carbocycles. The van der Waals surface area contributed by atoms with E-state index in [0.717, 1.165) is 11.1 Å². The molecule has 0 aliphatic rings. The number of carbonyl (C=O) groups is 1. The standard InChI is InChI=1S/C17H19ClN2O3/c1-12-9-15(23-11-13-3-2-4-14(18)10-13)5-6-16(12)20-17(22)19-7-8-21/h2-6,9-10,21H,7-8,11H2,1H3,(H2,19,20,22). The second kappa shape index (κ2) is 8.41. The molecule has 0 bridgehead atoms. The number of hydrogen-bond donors (Lipinski definition) is 3. The molecule has 2 aromatic rings. The van der Waals surface area contributed by atoms with Gasteiger partial charge in [0.05, 0.1) is 6.61 Å². The summed E-state index contributed by atoms with van der Waals surface area (Å²) in [5.41, 5.74) is 2.56. The third-order valence-electron chi connectivity index (χ3n) is 3.14. The van der Waals surface area contributed by atoms with Gasteiger partial charge in [0.1, 0.15) is 12.4 Å². The van der Waals surface area contributed by atoms with Crippen LogP contribution in [-0.4, -0.2) is 24.3 Å². The van der Waals surface area contributed by atoms with Crippen molar-refractivity contribution in [1.82, 2.24) is 5.32 Å². The highest BCUT2D eigenvalue weighted by molar-refractivity contribution is 6.30. The number of aliphatic hydroxyl groups excluding tert-OH is 1. The number of carbonyl (C=O) groups excluding carboxylic acids is 1. The minimum Gasteiger partial charge on any atom is -0.489 e. The molecule has 0 aliphatic carbocycles. The molecule has 0 unspecified atom stereocenters. The van der Waals surface area contributed by atoms with E-state index in [-0.39, 0.29) is 19.2 Å². The summed E-state index contributed by atoms with van der Waals surface area (Å²) in [5.74, 6) is 0.712. The minimum atomic E-state index is -0.352. The first kappa shape index (κ1) is 17.1. The van der Waals surface area contributed by atoms with Crippen molar-refractivity contribution >= 4 is 23.3 Å². The lowest BCUT2D eigenvalue weighted by atomic mass is 10.2. The second-order valence-electron chi connectivity index (χ2n) is 5.00. The van der Waals surface area contributed by atoms with E-state index in [1.54, 1.807) is 12.1 Å². The molecule has 0 fully saturated rings. The molecule has 0 saturated carbocycles. The van der Waals surface area contributed by atoms with E-state index in [2.05, 4.69) is 10.6 Å². The molecule has 23 heavy (non-hydrogen) atoms. The lowest BCUT2D eigenvalue weighted by Crippen LogP contribution is -2.31. The summed E-state index contributed by atoms with van der Waals surface area (Å²) in [6.45, 7) is 2.42. The van der Waals surface area contributed by atoms with Crippen LogP contribution in [0, 0.1) is 6.92 Å². The minimum absolute atomic E-state index is 0.0946. The van der Waals surface area contributed by atoms with Crippen molar-refractivity contribution in [2.45, 2.75) is 13.5 Å². The highest BCUT2D eigenvalue weighted by Crippen LogP contribution is 2.22. The summed E-state index contributed by atoms with van der Waals surface area (Å²) in [4.78, 5) is 11.6. The van der Waals surface area contributed by atoms with Crippen LogP contribution in [0.2, 0.25) is 5.02 Å². The summed E-state index contributed by atoms with van der Waals surface area (Å²) in [5, 5.41) is 14.6. The number of hydrogen-bond acceptors (Lipinski definition) is 3. The van der Waals surface area contributed by atoms with Crippen molar-refractivity contribution in [3.05, 3.63) is 58.6 Å². The van der Waals surface area contributed by atoms with Gasteiger partial charge in [-0.3, -0.25) is 0 Å². The van der Waals surface area contributed by atoms with Crippen molar-refractivity contribution in [2.75, 3.05) is 18.5 Å². The van der Waals surface area contributed by atoms with Crippen LogP contribution in [0.25, 0.3) is 0 Å². The number of halogens is 1. The maximum atomic E-state index is 11.6. The average Bonchev–Trinajstić information content (AvgIpc) is 2.53. The maximum absolute atomic E-state index is 11.6. The number of aliphatic hydroxyl groups is 1. The van der Waals surface area contributed by atoms with Gasteiger partial charge in [0, 0.05) is 17.3 Å². The van der Waals surface area contributed by atoms with Crippen LogP contribution in [0.4, 0.5) is 10.5 Å². The monoisotopic (exact) mass is 334 g/mol. The van der Waals surface area contributed by atoms with Crippen molar-refractivity contribution in [3.63, 3.8) is 0 Å². The Labute approximate surface area is 140 Å². The van der Waals surface area contributed by atoms with Crippen LogP contribution in [0.3, 0.4) is 0 Å². The molecule has 0 atom stereocenters. The van der Waals surface area contributed by atoms with E-state index in [0.29, 0.717) is 23.1 Å². The molecule has 0 heterocycles. The zero-order valence-corrected chi connectivity index (χ0v) is 13.6. The van der Waals surface area contributed by atoms with Crippen molar-refractivity contribution in [2.24, 2.45) is 0 Å². The van der Waals surface area contributed by atoms with Gasteiger partial charge in [0.2, 0.25) is 0 Å². The smallest absolute Gasteiger partial charge is 0.319 e. The fraction of sp³-hybridized carbons (Fsp3) is 0.235. The molecule has 2 rings (SSSR count). The average molecular weight is 335 g/mol. The highest BCUT2D eigenvalue weighted by Gasteiger charge is 2.05. The Bertz CT molecular complexity index is 677. The largest absolute Gasteiger partial charge is 0.489 e. The van der Waals surface area contributed by atoms with Crippen LogP contribution in [0.5, 0.6) is 5.75 Å². The molecule has 3 N–H and O–H groups in total. The number of benzene rings is 2. The SMILES string of the molecule is Cc1cc(OCc2cccc(Cl)c2)ccc1NC(=O)NCCO. The molecule has 2 amide bonds. The molecule has 5 nitrogen and oxygen atoms in total. The Morgan fingerprint density at radius 2 is 2.09 bits per heavy atom. The van der Waals surface area contributed by atoms with E-state index in [1.165, 1.54) is 0 Å². The highest BCUT2D eigenvalue weighted by atomic mass is 35.5. The third kappa shape index (κ3) is 5.47. The van der Waals surface area contributed by atoms with Crippen LogP contribution < -0.4 is 15.4 Å². The number of aryl methyl sites for hydroxylation is 1. The Hall–Kier alpha value is -2.24. The lowest BCUT2D eigenvalue weighted by Gasteiger charge is -2.12. The van der Waals surface area contributed by atoms with E-state index in [4.69, 9.17) is 21.4 Å². The summed E-state index contributed by atoms with van der Waals surface area (Å²) in [7, 11) is 0. The van der Waals surface area contributed by atoms with Crippen molar-refractivity contribution < 1.29 is 14.6 Å². The zero-order chi connectivity index (χ0) is 16.7. The Balaban J connectivity index is 1.94. The first-order chi connectivity index (χ1) is 11.1. The van der Waals surface area contributed by atoms with Gasteiger partial charge in [-0.15, -0.1) is 0 Å². The Morgan fingerprint density at radius 1 is 1.26 bits per heavy atom. The number of rotatable bonds is 6. The Kier molecular flexibility index (Phi) is 6.26. The van der Waals surface area contributed by atoms with Crippen LogP contribution >= 0.6 is 11.6 Å². The molecule has 0 aromatic heterocycles. The van der Waals surface area contributed by atoms with Gasteiger partial charge in [0.25, 0.3) is 0 Å². The molecular formula is C17H19ClN2O3. The van der Waals surface area contributed by atoms with Crippen LogP contribution in [0.15, 0.2) is 42.5 Å². The van der Waals surface area contributed by atoms with Gasteiger partial charge in [-0.25, -0.2) is 4.79 Å². The van der Waals surface area contributed by atoms with Crippen molar-refractivity contribution in [3.8, 4) is 5.75 Å². The quantitative estimate of drug-likeness (QED) is 0.758. The number of ether oxygens (including phenoxy) is 1. The molecule has 0 radical (unpaired) electrons. The van der Waals surface area contributed by atoms with Gasteiger partial charge >= 0.3 is 6.03 Å². The van der Waals surface area contributed by atoms with Crippen LogP contribution in [0.1, 0.15) is 11.1 Å². The van der Waals surface area contributed by atoms with Crippen molar-refractivity contribution in [1.29, 1.82) is 0 Å². The lowest BCUT2D eigenvalue weighted by molar-refractivity contribution is 0.245. The van der Waals surface area contributed by atoms with Crippen LogP contribution in [-0.2, 0) is 6.61 Å². The fourth-order valence-electron chi connectivity index (χ4n) is 2.00. The van der Waals surface area contributed by atoms with E-state index in [1.807, 2.05) is 37.3 Å². The van der Waals surface area contributed by atoms with Gasteiger partial charge < -0.3 is 20.5 Å². The molecule has 0 saturated heterocycles. The van der Waals surface area contributed by atoms with E-state index in [9.17, 15) is 4.79 Å². The summed E-state index contributed by atoms with van der Waals surface area (Å²) < 4.78 is 5.73. The number of anilines is 1. The summed E-state index contributed by atoms with van der Waals surface area (Å²) in [6, 6.07) is 12.6. The molecule has 0 spiro atoms. The van der Waals surface area contributed by atoms with E-state index >= 15 is 0 Å². The fourth-order valence-corrected chi connectivity index (χ4v) is 2.21. The van der Waals surface area contributed by atoms with E-state index < -0.39 is 0 Å². The predicted octanol–water partition coefficient (Wildman–Crippen LogP) is 3.34. The second-order valence-corrected chi connectivity index (χ2v) is 5.44. The van der Waals surface area contributed by atoms with Gasteiger partial charge in [-0.1, -0.05) is 23.7 Å².